The summed E-state index contributed by atoms with van der Waals surface area (Å²) in [5, 5.41) is 11.5. The number of hydrogen-bond donors (Lipinski definition) is 1. The van der Waals surface area contributed by atoms with Crippen LogP contribution in [-0.2, 0) is 11.8 Å². The number of likely N-dealkylation sites (N-methyl/N-ethyl adjacent to an activating group) is 1. The van der Waals surface area contributed by atoms with Crippen molar-refractivity contribution in [3.63, 3.8) is 0 Å². The number of nitrogens with zero attached hydrogens (tertiary/aromatic N) is 4. The Morgan fingerprint density at radius 1 is 1.53 bits per heavy atom. The molecular weight excluding hydrogens is 242 g/mol. The van der Waals surface area contributed by atoms with Gasteiger partial charge in [-0.2, -0.15) is 0 Å². The van der Waals surface area contributed by atoms with Gasteiger partial charge in [0.15, 0.2) is 0 Å². The molecule has 108 valence electrons. The summed E-state index contributed by atoms with van der Waals surface area (Å²) < 4.78 is 7.80. The lowest BCUT2D eigenvalue weighted by Crippen LogP contribution is -2.48. The van der Waals surface area contributed by atoms with Gasteiger partial charge in [0, 0.05) is 20.1 Å². The number of rotatable bonds is 6. The molecule has 0 saturated carbocycles. The molecular formula is C13H25N5O. The molecule has 1 aromatic heterocycles. The summed E-state index contributed by atoms with van der Waals surface area (Å²) in [5.74, 6) is 0. The fourth-order valence-corrected chi connectivity index (χ4v) is 2.68. The van der Waals surface area contributed by atoms with Crippen molar-refractivity contribution in [3.05, 3.63) is 11.9 Å². The fraction of sp³-hybridized carbons (Fsp3) is 0.846. The van der Waals surface area contributed by atoms with E-state index < -0.39 is 0 Å². The molecule has 0 radical (unpaired) electrons. The molecule has 1 saturated heterocycles. The van der Waals surface area contributed by atoms with Gasteiger partial charge >= 0.3 is 0 Å². The number of nitrogens with one attached hydrogen (secondary N) is 1. The zero-order valence-electron chi connectivity index (χ0n) is 12.2. The SMILES string of the molecule is CCCN1CCOC(C(NCC)c2cnnn2C)C1. The Morgan fingerprint density at radius 2 is 2.37 bits per heavy atom. The van der Waals surface area contributed by atoms with E-state index in [2.05, 4.69) is 34.4 Å². The van der Waals surface area contributed by atoms with Gasteiger partial charge in [-0.15, -0.1) is 5.10 Å². The van der Waals surface area contributed by atoms with Crippen LogP contribution in [0.5, 0.6) is 0 Å². The van der Waals surface area contributed by atoms with E-state index in [0.717, 1.165) is 38.5 Å². The molecule has 2 atom stereocenters. The highest BCUT2D eigenvalue weighted by molar-refractivity contribution is 5.06. The van der Waals surface area contributed by atoms with E-state index in [-0.39, 0.29) is 12.1 Å². The second-order valence-electron chi connectivity index (χ2n) is 5.03. The third-order valence-corrected chi connectivity index (χ3v) is 3.58. The second kappa shape index (κ2) is 6.98. The predicted molar refractivity (Wildman–Crippen MR) is 73.9 cm³/mol. The van der Waals surface area contributed by atoms with Crippen LogP contribution >= 0.6 is 0 Å². The van der Waals surface area contributed by atoms with Crippen LogP contribution in [0.25, 0.3) is 0 Å². The van der Waals surface area contributed by atoms with E-state index in [0.29, 0.717) is 0 Å². The van der Waals surface area contributed by atoms with Gasteiger partial charge in [0.05, 0.1) is 30.6 Å². The van der Waals surface area contributed by atoms with Crippen LogP contribution in [0.2, 0.25) is 0 Å². The summed E-state index contributed by atoms with van der Waals surface area (Å²) in [6.45, 7) is 9.19. The van der Waals surface area contributed by atoms with Crippen molar-refractivity contribution in [1.29, 1.82) is 0 Å². The van der Waals surface area contributed by atoms with E-state index in [1.54, 1.807) is 0 Å². The molecule has 1 aromatic rings. The zero-order valence-corrected chi connectivity index (χ0v) is 12.2. The Kier molecular flexibility index (Phi) is 5.30. The smallest absolute Gasteiger partial charge is 0.0912 e. The lowest BCUT2D eigenvalue weighted by Gasteiger charge is -2.37. The number of morpholine rings is 1. The standard InChI is InChI=1S/C13H25N5O/c1-4-6-18-7-8-19-12(10-18)13(14-5-2)11-9-15-16-17(11)3/h9,12-14H,4-8,10H2,1-3H3. The topological polar surface area (TPSA) is 55.2 Å². The number of aromatic nitrogens is 3. The van der Waals surface area contributed by atoms with Crippen LogP contribution in [0, 0.1) is 0 Å². The first-order valence-corrected chi connectivity index (χ1v) is 7.18. The largest absolute Gasteiger partial charge is 0.374 e. The fourth-order valence-electron chi connectivity index (χ4n) is 2.68. The minimum absolute atomic E-state index is 0.157. The maximum absolute atomic E-state index is 5.97. The lowest BCUT2D eigenvalue weighted by molar-refractivity contribution is -0.0480. The van der Waals surface area contributed by atoms with Crippen LogP contribution in [0.1, 0.15) is 32.0 Å². The minimum atomic E-state index is 0.157. The Balaban J connectivity index is 2.08. The molecule has 1 fully saturated rings. The van der Waals surface area contributed by atoms with Crippen LogP contribution < -0.4 is 5.32 Å². The van der Waals surface area contributed by atoms with E-state index in [9.17, 15) is 0 Å². The van der Waals surface area contributed by atoms with Gasteiger partial charge < -0.3 is 10.1 Å². The lowest BCUT2D eigenvalue weighted by atomic mass is 10.1. The first-order chi connectivity index (χ1) is 9.26. The predicted octanol–water partition coefficient (Wildman–Crippen LogP) is 0.577. The van der Waals surface area contributed by atoms with Crippen LogP contribution in [0.3, 0.4) is 0 Å². The Hall–Kier alpha value is -0.980. The molecule has 2 unspecified atom stereocenters. The first kappa shape index (κ1) is 14.4. The van der Waals surface area contributed by atoms with Gasteiger partial charge in [-0.05, 0) is 19.5 Å². The molecule has 1 aliphatic heterocycles. The average Bonchev–Trinajstić information content (AvgIpc) is 2.83. The van der Waals surface area contributed by atoms with Crippen LogP contribution in [0.15, 0.2) is 6.20 Å². The molecule has 0 aliphatic carbocycles. The van der Waals surface area contributed by atoms with Gasteiger partial charge in [-0.25, -0.2) is 0 Å². The molecule has 0 spiro atoms. The van der Waals surface area contributed by atoms with Crippen molar-refractivity contribution in [3.8, 4) is 0 Å². The summed E-state index contributed by atoms with van der Waals surface area (Å²) in [7, 11) is 1.93. The van der Waals surface area contributed by atoms with Gasteiger partial charge in [0.25, 0.3) is 0 Å². The van der Waals surface area contributed by atoms with Crippen molar-refractivity contribution in [2.24, 2.45) is 7.05 Å². The third kappa shape index (κ3) is 3.52. The summed E-state index contributed by atoms with van der Waals surface area (Å²) in [6.07, 6.45) is 3.18. The third-order valence-electron chi connectivity index (χ3n) is 3.58. The van der Waals surface area contributed by atoms with Crippen molar-refractivity contribution in [1.82, 2.24) is 25.2 Å². The van der Waals surface area contributed by atoms with E-state index in [4.69, 9.17) is 4.74 Å². The maximum Gasteiger partial charge on any atom is 0.0912 e. The highest BCUT2D eigenvalue weighted by atomic mass is 16.5. The highest BCUT2D eigenvalue weighted by Crippen LogP contribution is 2.21. The van der Waals surface area contributed by atoms with Crippen molar-refractivity contribution in [2.45, 2.75) is 32.4 Å². The quantitative estimate of drug-likeness (QED) is 0.817. The zero-order chi connectivity index (χ0) is 13.7. The van der Waals surface area contributed by atoms with Gasteiger partial charge in [0.1, 0.15) is 0 Å². The van der Waals surface area contributed by atoms with E-state index >= 15 is 0 Å². The summed E-state index contributed by atoms with van der Waals surface area (Å²) in [5.41, 5.74) is 1.09. The molecule has 6 nitrogen and oxygen atoms in total. The van der Waals surface area contributed by atoms with Crippen LogP contribution in [-0.4, -0.2) is 58.8 Å². The van der Waals surface area contributed by atoms with Crippen molar-refractivity contribution >= 4 is 0 Å². The van der Waals surface area contributed by atoms with Crippen molar-refractivity contribution < 1.29 is 4.74 Å². The molecule has 19 heavy (non-hydrogen) atoms. The molecule has 2 rings (SSSR count). The van der Waals surface area contributed by atoms with Gasteiger partial charge in [0.2, 0.25) is 0 Å². The Bertz CT molecular complexity index is 379. The van der Waals surface area contributed by atoms with Gasteiger partial charge in [-0.3, -0.25) is 9.58 Å². The molecule has 1 aliphatic rings. The Morgan fingerprint density at radius 3 is 3.00 bits per heavy atom. The Labute approximate surface area is 115 Å². The molecule has 1 N–H and O–H groups in total. The molecule has 0 amide bonds. The summed E-state index contributed by atoms with van der Waals surface area (Å²) >= 11 is 0. The number of aryl methyl sites for hydroxylation is 1. The van der Waals surface area contributed by atoms with Gasteiger partial charge in [-0.1, -0.05) is 19.1 Å². The summed E-state index contributed by atoms with van der Waals surface area (Å²) in [6, 6.07) is 0.157. The van der Waals surface area contributed by atoms with E-state index in [1.807, 2.05) is 17.9 Å². The average molecular weight is 267 g/mol. The maximum atomic E-state index is 5.97. The molecule has 6 heteroatoms. The van der Waals surface area contributed by atoms with E-state index in [1.165, 1.54) is 6.42 Å². The normalized spacial score (nSPS) is 22.6. The van der Waals surface area contributed by atoms with Crippen LogP contribution in [0.4, 0.5) is 0 Å². The van der Waals surface area contributed by atoms with Crippen molar-refractivity contribution in [2.75, 3.05) is 32.8 Å². The second-order valence-corrected chi connectivity index (χ2v) is 5.03. The monoisotopic (exact) mass is 267 g/mol. The summed E-state index contributed by atoms with van der Waals surface area (Å²) in [4.78, 5) is 2.47. The molecule has 2 heterocycles. The molecule has 0 bridgehead atoms. The number of hydrogen-bond acceptors (Lipinski definition) is 5. The highest BCUT2D eigenvalue weighted by Gasteiger charge is 2.30. The number of ether oxygens (including phenoxy) is 1. The molecule has 0 aromatic carbocycles. The first-order valence-electron chi connectivity index (χ1n) is 7.18. The minimum Gasteiger partial charge on any atom is -0.374 e.